The Hall–Kier alpha value is -1.94. The predicted molar refractivity (Wildman–Crippen MR) is 105 cm³/mol. The fraction of sp³-hybridized carbons (Fsp3) is 0.111. The molecule has 0 saturated heterocycles. The highest BCUT2D eigenvalue weighted by molar-refractivity contribution is 7.28. The first-order valence-corrected chi connectivity index (χ1v) is 9.16. The molecule has 1 unspecified atom stereocenters. The van der Waals surface area contributed by atoms with Crippen LogP contribution in [-0.4, -0.2) is 23.2 Å². The molecule has 1 aromatic heterocycles. The predicted octanol–water partition coefficient (Wildman–Crippen LogP) is 4.27. The first-order valence-electron chi connectivity index (χ1n) is 7.39. The Bertz CT molecular complexity index is 925. The zero-order chi connectivity index (χ0) is 18.0. The van der Waals surface area contributed by atoms with Gasteiger partial charge in [-0.2, -0.15) is 0 Å². The van der Waals surface area contributed by atoms with Gasteiger partial charge in [-0.3, -0.25) is 4.79 Å². The lowest BCUT2D eigenvalue weighted by Gasteiger charge is -2.03. The normalized spacial score (nSPS) is 10.7. The van der Waals surface area contributed by atoms with E-state index in [1.54, 1.807) is 13.2 Å². The SMILES string of the molecule is COc1ccc(-c2nc(-c3ccc(Cl)c(P)c3)c(CC(=O)O)s2)cc1. The number of hydrogen-bond donors (Lipinski definition) is 1. The van der Waals surface area contributed by atoms with Gasteiger partial charge in [-0.05, 0) is 41.7 Å². The first-order chi connectivity index (χ1) is 12.0. The van der Waals surface area contributed by atoms with Crippen LogP contribution in [-0.2, 0) is 11.2 Å². The Kier molecular flexibility index (Phi) is 5.38. The monoisotopic (exact) mass is 391 g/mol. The Balaban J connectivity index is 2.07. The fourth-order valence-corrected chi connectivity index (χ4v) is 3.86. The number of halogens is 1. The second-order valence-electron chi connectivity index (χ2n) is 5.33. The third-order valence-corrected chi connectivity index (χ3v) is 5.72. The summed E-state index contributed by atoms with van der Waals surface area (Å²) in [5.41, 5.74) is 2.45. The summed E-state index contributed by atoms with van der Waals surface area (Å²) in [6.45, 7) is 0. The Labute approximate surface area is 156 Å². The summed E-state index contributed by atoms with van der Waals surface area (Å²) in [6, 6.07) is 13.1. The van der Waals surface area contributed by atoms with Crippen molar-refractivity contribution in [3.8, 4) is 27.6 Å². The van der Waals surface area contributed by atoms with Gasteiger partial charge in [-0.15, -0.1) is 20.6 Å². The summed E-state index contributed by atoms with van der Waals surface area (Å²) >= 11 is 7.46. The van der Waals surface area contributed by atoms with Crippen molar-refractivity contribution in [2.45, 2.75) is 6.42 Å². The van der Waals surface area contributed by atoms with Crippen LogP contribution in [0, 0.1) is 0 Å². The van der Waals surface area contributed by atoms with Gasteiger partial charge in [-0.25, -0.2) is 4.98 Å². The molecule has 0 amide bonds. The van der Waals surface area contributed by atoms with E-state index in [1.807, 2.05) is 36.4 Å². The minimum Gasteiger partial charge on any atom is -0.497 e. The van der Waals surface area contributed by atoms with E-state index in [2.05, 4.69) is 9.24 Å². The second-order valence-corrected chi connectivity index (χ2v) is 7.44. The van der Waals surface area contributed by atoms with E-state index in [0.717, 1.165) is 27.2 Å². The molecule has 2 aromatic carbocycles. The Morgan fingerprint density at radius 2 is 1.92 bits per heavy atom. The molecule has 0 saturated carbocycles. The molecule has 0 aliphatic carbocycles. The average molecular weight is 392 g/mol. The van der Waals surface area contributed by atoms with E-state index in [-0.39, 0.29) is 6.42 Å². The Morgan fingerprint density at radius 3 is 2.52 bits per heavy atom. The van der Waals surface area contributed by atoms with E-state index in [1.165, 1.54) is 11.3 Å². The molecular weight excluding hydrogens is 377 g/mol. The number of carboxylic acids is 1. The number of nitrogens with zero attached hydrogens (tertiary/aromatic N) is 1. The van der Waals surface area contributed by atoms with Crippen LogP contribution in [0.1, 0.15) is 4.88 Å². The van der Waals surface area contributed by atoms with Gasteiger partial charge in [0.05, 0.1) is 19.2 Å². The average Bonchev–Trinajstić information content (AvgIpc) is 3.00. The highest BCUT2D eigenvalue weighted by atomic mass is 35.5. The molecule has 0 aliphatic heterocycles. The largest absolute Gasteiger partial charge is 0.497 e. The van der Waals surface area contributed by atoms with Crippen LogP contribution >= 0.6 is 32.2 Å². The molecule has 1 N–H and O–H groups in total. The lowest BCUT2D eigenvalue weighted by Crippen LogP contribution is -2.00. The third kappa shape index (κ3) is 4.01. The minimum atomic E-state index is -0.883. The van der Waals surface area contributed by atoms with Crippen LogP contribution in [0.2, 0.25) is 5.02 Å². The van der Waals surface area contributed by atoms with Crippen molar-refractivity contribution >= 4 is 43.5 Å². The molecule has 0 aliphatic rings. The van der Waals surface area contributed by atoms with Gasteiger partial charge in [0.2, 0.25) is 0 Å². The van der Waals surface area contributed by atoms with Crippen LogP contribution in [0.4, 0.5) is 0 Å². The van der Waals surface area contributed by atoms with Crippen molar-refractivity contribution in [1.82, 2.24) is 4.98 Å². The number of ether oxygens (including phenoxy) is 1. The van der Waals surface area contributed by atoms with Gasteiger partial charge >= 0.3 is 5.97 Å². The van der Waals surface area contributed by atoms with E-state index in [4.69, 9.17) is 21.3 Å². The number of aliphatic carboxylic acids is 1. The molecule has 0 fully saturated rings. The smallest absolute Gasteiger partial charge is 0.308 e. The summed E-state index contributed by atoms with van der Waals surface area (Å²) in [4.78, 5) is 16.6. The Morgan fingerprint density at radius 1 is 1.24 bits per heavy atom. The van der Waals surface area contributed by atoms with Gasteiger partial charge in [0, 0.05) is 21.0 Å². The molecule has 4 nitrogen and oxygen atoms in total. The van der Waals surface area contributed by atoms with Gasteiger partial charge in [0.1, 0.15) is 10.8 Å². The van der Waals surface area contributed by atoms with Crippen molar-refractivity contribution in [3.63, 3.8) is 0 Å². The third-order valence-electron chi connectivity index (χ3n) is 3.62. The molecular formula is C18H15ClNO3PS. The summed E-state index contributed by atoms with van der Waals surface area (Å²) in [7, 11) is 4.19. The number of carboxylic acid groups (broad SMARTS) is 1. The van der Waals surface area contributed by atoms with E-state index in [0.29, 0.717) is 15.6 Å². The van der Waals surface area contributed by atoms with Crippen LogP contribution in [0.15, 0.2) is 42.5 Å². The van der Waals surface area contributed by atoms with Gasteiger partial charge in [-0.1, -0.05) is 17.7 Å². The van der Waals surface area contributed by atoms with Crippen LogP contribution in [0.5, 0.6) is 5.75 Å². The van der Waals surface area contributed by atoms with Crippen molar-refractivity contribution < 1.29 is 14.6 Å². The number of rotatable bonds is 5. The second kappa shape index (κ2) is 7.52. The van der Waals surface area contributed by atoms with Crippen molar-refractivity contribution in [1.29, 1.82) is 0 Å². The lowest BCUT2D eigenvalue weighted by molar-refractivity contribution is -0.136. The molecule has 0 bridgehead atoms. The zero-order valence-electron chi connectivity index (χ0n) is 13.3. The highest BCUT2D eigenvalue weighted by Gasteiger charge is 2.17. The number of thiazole rings is 1. The molecule has 7 heteroatoms. The maximum Gasteiger partial charge on any atom is 0.308 e. The van der Waals surface area contributed by atoms with Gasteiger partial charge < -0.3 is 9.84 Å². The quantitative estimate of drug-likeness (QED) is 0.660. The van der Waals surface area contributed by atoms with Crippen molar-refractivity contribution in [3.05, 3.63) is 52.4 Å². The minimum absolute atomic E-state index is 0.0715. The standard InChI is InChI=1S/C18H15ClNO3PS/c1-23-12-5-2-10(3-6-12)18-20-17(15(25-18)9-16(21)22)11-4-7-13(19)14(24)8-11/h2-8H,9,24H2,1H3,(H,21,22). The number of hydrogen-bond acceptors (Lipinski definition) is 4. The number of carbonyl (C=O) groups is 1. The summed E-state index contributed by atoms with van der Waals surface area (Å²) in [5, 5.41) is 11.5. The molecule has 3 aromatic rings. The zero-order valence-corrected chi connectivity index (χ0v) is 16.1. The van der Waals surface area contributed by atoms with E-state index >= 15 is 0 Å². The molecule has 25 heavy (non-hydrogen) atoms. The first kappa shape index (κ1) is 17.9. The van der Waals surface area contributed by atoms with Crippen molar-refractivity contribution in [2.24, 2.45) is 0 Å². The van der Waals surface area contributed by atoms with E-state index < -0.39 is 5.97 Å². The fourth-order valence-electron chi connectivity index (χ4n) is 2.38. The maximum atomic E-state index is 11.2. The van der Waals surface area contributed by atoms with Crippen LogP contribution in [0.25, 0.3) is 21.8 Å². The molecule has 1 atom stereocenters. The summed E-state index contributed by atoms with van der Waals surface area (Å²) < 4.78 is 5.17. The van der Waals surface area contributed by atoms with Crippen molar-refractivity contribution in [2.75, 3.05) is 7.11 Å². The van der Waals surface area contributed by atoms with Gasteiger partial charge in [0.25, 0.3) is 0 Å². The topological polar surface area (TPSA) is 59.4 Å². The number of aromatic nitrogens is 1. The molecule has 3 rings (SSSR count). The van der Waals surface area contributed by atoms with E-state index in [9.17, 15) is 9.90 Å². The summed E-state index contributed by atoms with van der Waals surface area (Å²) in [6.07, 6.45) is -0.0715. The maximum absolute atomic E-state index is 11.2. The van der Waals surface area contributed by atoms with Crippen LogP contribution < -0.4 is 10.0 Å². The summed E-state index contributed by atoms with van der Waals surface area (Å²) in [5.74, 6) is -0.122. The molecule has 128 valence electrons. The number of methoxy groups -OCH3 is 1. The van der Waals surface area contributed by atoms with Crippen LogP contribution in [0.3, 0.4) is 0 Å². The molecule has 0 spiro atoms. The van der Waals surface area contributed by atoms with Gasteiger partial charge in [0.15, 0.2) is 0 Å². The molecule has 0 radical (unpaired) electrons. The highest BCUT2D eigenvalue weighted by Crippen LogP contribution is 2.35. The molecule has 1 heterocycles. The number of benzene rings is 2. The lowest BCUT2D eigenvalue weighted by atomic mass is 10.1.